The van der Waals surface area contributed by atoms with Crippen LogP contribution in [0.1, 0.15) is 24.2 Å². The summed E-state index contributed by atoms with van der Waals surface area (Å²) in [6, 6.07) is 13.5. The molecular formula is C17H18N2O2. The summed E-state index contributed by atoms with van der Waals surface area (Å²) < 4.78 is 5.67. The Labute approximate surface area is 124 Å². The Bertz CT molecular complexity index is 628. The van der Waals surface area contributed by atoms with Crippen LogP contribution in [0.5, 0.6) is 5.75 Å². The van der Waals surface area contributed by atoms with Crippen LogP contribution in [0, 0.1) is 5.92 Å². The fourth-order valence-corrected chi connectivity index (χ4v) is 2.53. The van der Waals surface area contributed by atoms with Crippen LogP contribution >= 0.6 is 0 Å². The van der Waals surface area contributed by atoms with Gasteiger partial charge in [-0.2, -0.15) is 0 Å². The lowest BCUT2D eigenvalue weighted by Crippen LogP contribution is -2.38. The predicted molar refractivity (Wildman–Crippen MR) is 79.9 cm³/mol. The average Bonchev–Trinajstić information content (AvgIpc) is 2.55. The van der Waals surface area contributed by atoms with E-state index in [2.05, 4.69) is 10.3 Å². The van der Waals surface area contributed by atoms with Crippen LogP contribution in [-0.4, -0.2) is 17.5 Å². The molecule has 4 nitrogen and oxygen atoms in total. The Kier molecular flexibility index (Phi) is 3.86. The van der Waals surface area contributed by atoms with Gasteiger partial charge in [0.15, 0.2) is 0 Å². The lowest BCUT2D eigenvalue weighted by atomic mass is 9.95. The number of para-hydroxylation sites is 1. The van der Waals surface area contributed by atoms with E-state index in [9.17, 15) is 4.79 Å². The van der Waals surface area contributed by atoms with Gasteiger partial charge in [0.05, 0.1) is 17.7 Å². The zero-order chi connectivity index (χ0) is 14.7. The van der Waals surface area contributed by atoms with Crippen LogP contribution in [-0.2, 0) is 11.2 Å². The highest BCUT2D eigenvalue weighted by atomic mass is 16.5. The highest BCUT2D eigenvalue weighted by Gasteiger charge is 2.26. The second kappa shape index (κ2) is 5.95. The standard InChI is InChI=1S/C17H18N2O2/c1-12(15-7-4-5-9-18-15)19-17(20)14-10-13-6-2-3-8-16(13)21-11-14/h2-9,12,14H,10-11H2,1H3,(H,19,20). The molecule has 1 aliphatic heterocycles. The second-order valence-electron chi connectivity index (χ2n) is 5.30. The number of nitrogens with one attached hydrogen (secondary N) is 1. The Morgan fingerprint density at radius 1 is 1.29 bits per heavy atom. The summed E-state index contributed by atoms with van der Waals surface area (Å²) in [5.41, 5.74) is 1.96. The van der Waals surface area contributed by atoms with Crippen LogP contribution in [0.25, 0.3) is 0 Å². The van der Waals surface area contributed by atoms with Gasteiger partial charge < -0.3 is 10.1 Å². The zero-order valence-corrected chi connectivity index (χ0v) is 12.0. The second-order valence-corrected chi connectivity index (χ2v) is 5.30. The first-order valence-electron chi connectivity index (χ1n) is 7.16. The maximum atomic E-state index is 12.4. The summed E-state index contributed by atoms with van der Waals surface area (Å²) in [4.78, 5) is 16.6. The minimum Gasteiger partial charge on any atom is -0.492 e. The van der Waals surface area contributed by atoms with Crippen molar-refractivity contribution in [2.75, 3.05) is 6.61 Å². The number of ether oxygens (including phenoxy) is 1. The number of hydrogen-bond donors (Lipinski definition) is 1. The normalized spacial score (nSPS) is 18.2. The molecule has 1 aromatic carbocycles. The fourth-order valence-electron chi connectivity index (χ4n) is 2.53. The summed E-state index contributed by atoms with van der Waals surface area (Å²) >= 11 is 0. The van der Waals surface area contributed by atoms with E-state index in [1.165, 1.54) is 0 Å². The molecule has 2 unspecified atom stereocenters. The van der Waals surface area contributed by atoms with E-state index in [4.69, 9.17) is 4.74 Å². The lowest BCUT2D eigenvalue weighted by Gasteiger charge is -2.25. The summed E-state index contributed by atoms with van der Waals surface area (Å²) in [7, 11) is 0. The zero-order valence-electron chi connectivity index (χ0n) is 12.0. The van der Waals surface area contributed by atoms with Crippen molar-refractivity contribution in [2.45, 2.75) is 19.4 Å². The lowest BCUT2D eigenvalue weighted by molar-refractivity contribution is -0.127. The number of amides is 1. The molecular weight excluding hydrogens is 264 g/mol. The van der Waals surface area contributed by atoms with Crippen LogP contribution in [0.2, 0.25) is 0 Å². The van der Waals surface area contributed by atoms with E-state index < -0.39 is 0 Å². The van der Waals surface area contributed by atoms with Crippen molar-refractivity contribution < 1.29 is 9.53 Å². The molecule has 2 atom stereocenters. The van der Waals surface area contributed by atoms with Gasteiger partial charge in [-0.25, -0.2) is 0 Å². The molecule has 0 aliphatic carbocycles. The van der Waals surface area contributed by atoms with Gasteiger partial charge in [-0.15, -0.1) is 0 Å². The molecule has 0 saturated heterocycles. The molecule has 1 amide bonds. The molecule has 1 aromatic heterocycles. The molecule has 0 saturated carbocycles. The van der Waals surface area contributed by atoms with Crippen molar-refractivity contribution in [1.82, 2.24) is 10.3 Å². The third-order valence-electron chi connectivity index (χ3n) is 3.74. The molecule has 0 radical (unpaired) electrons. The predicted octanol–water partition coefficient (Wildman–Crippen LogP) is 2.51. The summed E-state index contributed by atoms with van der Waals surface area (Å²) in [6.07, 6.45) is 2.45. The number of carbonyl (C=O) groups is 1. The van der Waals surface area contributed by atoms with Gasteiger partial charge in [-0.3, -0.25) is 9.78 Å². The maximum absolute atomic E-state index is 12.4. The van der Waals surface area contributed by atoms with E-state index in [1.807, 2.05) is 49.4 Å². The van der Waals surface area contributed by atoms with Crippen LogP contribution in [0.15, 0.2) is 48.7 Å². The van der Waals surface area contributed by atoms with Crippen LogP contribution in [0.4, 0.5) is 0 Å². The molecule has 0 fully saturated rings. The molecule has 21 heavy (non-hydrogen) atoms. The van der Waals surface area contributed by atoms with Crippen LogP contribution < -0.4 is 10.1 Å². The number of fused-ring (bicyclic) bond motifs is 1. The SMILES string of the molecule is CC(NC(=O)C1COc2ccccc2C1)c1ccccn1. The fraction of sp³-hybridized carbons (Fsp3) is 0.294. The number of carbonyl (C=O) groups excluding carboxylic acids is 1. The van der Waals surface area contributed by atoms with Crippen molar-refractivity contribution >= 4 is 5.91 Å². The van der Waals surface area contributed by atoms with Crippen molar-refractivity contribution in [3.05, 3.63) is 59.9 Å². The van der Waals surface area contributed by atoms with Crippen molar-refractivity contribution in [2.24, 2.45) is 5.92 Å². The molecule has 108 valence electrons. The largest absolute Gasteiger partial charge is 0.492 e. The quantitative estimate of drug-likeness (QED) is 0.941. The van der Waals surface area contributed by atoms with Crippen molar-refractivity contribution in [1.29, 1.82) is 0 Å². The first-order chi connectivity index (χ1) is 10.2. The van der Waals surface area contributed by atoms with Gasteiger partial charge in [0.25, 0.3) is 0 Å². The molecule has 0 bridgehead atoms. The topological polar surface area (TPSA) is 51.2 Å². The highest BCUT2D eigenvalue weighted by molar-refractivity contribution is 5.80. The minimum absolute atomic E-state index is 0.0163. The highest BCUT2D eigenvalue weighted by Crippen LogP contribution is 2.27. The van der Waals surface area contributed by atoms with Gasteiger partial charge in [0.2, 0.25) is 5.91 Å². The molecule has 1 aliphatic rings. The number of rotatable bonds is 3. The third-order valence-corrected chi connectivity index (χ3v) is 3.74. The summed E-state index contributed by atoms with van der Waals surface area (Å²) in [6.45, 7) is 2.37. The van der Waals surface area contributed by atoms with E-state index in [0.29, 0.717) is 6.61 Å². The summed E-state index contributed by atoms with van der Waals surface area (Å²) in [5, 5.41) is 3.02. The van der Waals surface area contributed by atoms with Crippen LogP contribution in [0.3, 0.4) is 0 Å². The van der Waals surface area contributed by atoms with E-state index in [1.54, 1.807) is 6.20 Å². The number of aromatic nitrogens is 1. The first-order valence-corrected chi connectivity index (χ1v) is 7.16. The Balaban J connectivity index is 1.65. The van der Waals surface area contributed by atoms with Gasteiger partial charge >= 0.3 is 0 Å². The van der Waals surface area contributed by atoms with E-state index >= 15 is 0 Å². The monoisotopic (exact) mass is 282 g/mol. The Morgan fingerprint density at radius 2 is 2.10 bits per heavy atom. The van der Waals surface area contributed by atoms with E-state index in [0.717, 1.165) is 23.4 Å². The number of hydrogen-bond acceptors (Lipinski definition) is 3. The van der Waals surface area contributed by atoms with E-state index in [-0.39, 0.29) is 17.9 Å². The first kappa shape index (κ1) is 13.6. The number of benzene rings is 1. The third kappa shape index (κ3) is 3.05. The molecule has 2 aromatic rings. The molecule has 0 spiro atoms. The maximum Gasteiger partial charge on any atom is 0.227 e. The average molecular weight is 282 g/mol. The van der Waals surface area contributed by atoms with Gasteiger partial charge in [0, 0.05) is 6.20 Å². The molecule has 3 rings (SSSR count). The molecule has 1 N–H and O–H groups in total. The smallest absolute Gasteiger partial charge is 0.227 e. The van der Waals surface area contributed by atoms with Gasteiger partial charge in [0.1, 0.15) is 12.4 Å². The molecule has 4 heteroatoms. The Morgan fingerprint density at radius 3 is 2.90 bits per heavy atom. The van der Waals surface area contributed by atoms with Crippen molar-refractivity contribution in [3.8, 4) is 5.75 Å². The van der Waals surface area contributed by atoms with Crippen molar-refractivity contribution in [3.63, 3.8) is 0 Å². The summed E-state index contributed by atoms with van der Waals surface area (Å²) in [5.74, 6) is 0.757. The number of nitrogens with zero attached hydrogens (tertiary/aromatic N) is 1. The Hall–Kier alpha value is -2.36. The minimum atomic E-state index is -0.147. The van der Waals surface area contributed by atoms with Gasteiger partial charge in [-0.05, 0) is 37.1 Å². The van der Waals surface area contributed by atoms with Gasteiger partial charge in [-0.1, -0.05) is 24.3 Å². The number of pyridine rings is 1. The molecule has 2 heterocycles.